The van der Waals surface area contributed by atoms with Gasteiger partial charge in [0.25, 0.3) is 0 Å². The van der Waals surface area contributed by atoms with Crippen LogP contribution in [-0.2, 0) is 4.79 Å². The van der Waals surface area contributed by atoms with E-state index in [0.29, 0.717) is 0 Å². The fourth-order valence-corrected chi connectivity index (χ4v) is 1.96. The Morgan fingerprint density at radius 3 is 2.38 bits per heavy atom. The van der Waals surface area contributed by atoms with Crippen molar-refractivity contribution < 1.29 is 9.90 Å². The van der Waals surface area contributed by atoms with Crippen LogP contribution >= 0.6 is 0 Å². The Morgan fingerprint density at radius 2 is 2.08 bits per heavy atom. The molecule has 1 saturated heterocycles. The molecule has 0 spiro atoms. The molecular formula is C10H19NO2. The van der Waals surface area contributed by atoms with Crippen molar-refractivity contribution in [2.24, 2.45) is 11.8 Å². The quantitative estimate of drug-likeness (QED) is 0.720. The Balaban J connectivity index is 2.45. The maximum absolute atomic E-state index is 10.9. The maximum atomic E-state index is 10.9. The van der Waals surface area contributed by atoms with Gasteiger partial charge in [0.15, 0.2) is 0 Å². The summed E-state index contributed by atoms with van der Waals surface area (Å²) in [6, 6.07) is -0.275. The smallest absolute Gasteiger partial charge is 0.321 e. The van der Waals surface area contributed by atoms with Crippen molar-refractivity contribution in [3.8, 4) is 0 Å². The van der Waals surface area contributed by atoms with Crippen LogP contribution < -0.4 is 0 Å². The molecule has 0 aromatic rings. The van der Waals surface area contributed by atoms with Gasteiger partial charge in [0, 0.05) is 13.1 Å². The summed E-state index contributed by atoms with van der Waals surface area (Å²) in [5.74, 6) is 0.250. The Morgan fingerprint density at radius 1 is 1.54 bits per heavy atom. The Bertz CT molecular complexity index is 185. The van der Waals surface area contributed by atoms with Crippen LogP contribution in [0.15, 0.2) is 0 Å². The van der Waals surface area contributed by atoms with Gasteiger partial charge in [-0.3, -0.25) is 9.69 Å². The van der Waals surface area contributed by atoms with Crippen molar-refractivity contribution in [1.29, 1.82) is 0 Å². The zero-order chi connectivity index (χ0) is 10.0. The second-order valence-electron chi connectivity index (χ2n) is 4.26. The summed E-state index contributed by atoms with van der Waals surface area (Å²) in [5.41, 5.74) is 0. The summed E-state index contributed by atoms with van der Waals surface area (Å²) < 4.78 is 0. The van der Waals surface area contributed by atoms with Crippen LogP contribution in [0, 0.1) is 11.8 Å². The third-order valence-corrected chi connectivity index (χ3v) is 2.84. The van der Waals surface area contributed by atoms with Crippen LogP contribution in [0.3, 0.4) is 0 Å². The van der Waals surface area contributed by atoms with Gasteiger partial charge in [0.1, 0.15) is 6.04 Å². The van der Waals surface area contributed by atoms with Gasteiger partial charge in [-0.25, -0.2) is 0 Å². The third-order valence-electron chi connectivity index (χ3n) is 2.84. The first-order valence-electron chi connectivity index (χ1n) is 5.03. The van der Waals surface area contributed by atoms with E-state index in [1.54, 1.807) is 0 Å². The van der Waals surface area contributed by atoms with E-state index in [0.717, 1.165) is 19.0 Å². The lowest BCUT2D eigenvalue weighted by Gasteiger charge is -2.43. The average molecular weight is 185 g/mol. The van der Waals surface area contributed by atoms with E-state index >= 15 is 0 Å². The SMILES string of the molecule is CCC1CN(C(C(=O)O)C(C)C)C1. The first-order chi connectivity index (χ1) is 6.06. The molecule has 0 amide bonds. The molecule has 0 aromatic heterocycles. The molecule has 1 aliphatic rings. The molecule has 0 aliphatic carbocycles. The number of aliphatic carboxylic acids is 1. The van der Waals surface area contributed by atoms with E-state index in [-0.39, 0.29) is 12.0 Å². The van der Waals surface area contributed by atoms with E-state index in [1.807, 2.05) is 13.8 Å². The fraction of sp³-hybridized carbons (Fsp3) is 0.900. The zero-order valence-corrected chi connectivity index (χ0v) is 8.66. The number of likely N-dealkylation sites (tertiary alicyclic amines) is 1. The fourth-order valence-electron chi connectivity index (χ4n) is 1.96. The molecule has 3 nitrogen and oxygen atoms in total. The molecule has 1 aliphatic heterocycles. The van der Waals surface area contributed by atoms with E-state index in [1.165, 1.54) is 6.42 Å². The lowest BCUT2D eigenvalue weighted by atomic mass is 9.91. The summed E-state index contributed by atoms with van der Waals surface area (Å²) in [7, 11) is 0. The second kappa shape index (κ2) is 4.09. The molecular weight excluding hydrogens is 166 g/mol. The monoisotopic (exact) mass is 185 g/mol. The first kappa shape index (κ1) is 10.5. The van der Waals surface area contributed by atoms with Gasteiger partial charge in [-0.2, -0.15) is 0 Å². The predicted octanol–water partition coefficient (Wildman–Crippen LogP) is 1.44. The highest BCUT2D eigenvalue weighted by atomic mass is 16.4. The number of nitrogens with zero attached hydrogens (tertiary/aromatic N) is 1. The van der Waals surface area contributed by atoms with Gasteiger partial charge in [0.05, 0.1) is 0 Å². The van der Waals surface area contributed by atoms with Crippen molar-refractivity contribution in [2.75, 3.05) is 13.1 Å². The molecule has 3 heteroatoms. The normalized spacial score (nSPS) is 21.5. The molecule has 1 atom stereocenters. The van der Waals surface area contributed by atoms with Gasteiger partial charge in [-0.15, -0.1) is 0 Å². The first-order valence-corrected chi connectivity index (χ1v) is 5.03. The number of hydrogen-bond acceptors (Lipinski definition) is 2. The number of carboxylic acid groups (broad SMARTS) is 1. The molecule has 1 heterocycles. The highest BCUT2D eigenvalue weighted by Crippen LogP contribution is 2.24. The molecule has 13 heavy (non-hydrogen) atoms. The molecule has 76 valence electrons. The highest BCUT2D eigenvalue weighted by Gasteiger charge is 2.36. The van der Waals surface area contributed by atoms with Crippen molar-refractivity contribution in [3.63, 3.8) is 0 Å². The van der Waals surface area contributed by atoms with Crippen molar-refractivity contribution in [3.05, 3.63) is 0 Å². The maximum Gasteiger partial charge on any atom is 0.321 e. The molecule has 0 radical (unpaired) electrons. The minimum absolute atomic E-state index is 0.204. The topological polar surface area (TPSA) is 40.5 Å². The molecule has 0 aromatic carbocycles. The van der Waals surface area contributed by atoms with E-state index < -0.39 is 5.97 Å². The lowest BCUT2D eigenvalue weighted by Crippen LogP contribution is -2.56. The number of carbonyl (C=O) groups is 1. The number of rotatable bonds is 4. The minimum atomic E-state index is -0.676. The van der Waals surface area contributed by atoms with Crippen molar-refractivity contribution in [2.45, 2.75) is 33.2 Å². The van der Waals surface area contributed by atoms with Crippen molar-refractivity contribution >= 4 is 5.97 Å². The molecule has 0 saturated carbocycles. The second-order valence-corrected chi connectivity index (χ2v) is 4.26. The zero-order valence-electron chi connectivity index (χ0n) is 8.66. The van der Waals surface area contributed by atoms with Crippen LogP contribution in [0.4, 0.5) is 0 Å². The van der Waals surface area contributed by atoms with E-state index in [9.17, 15) is 4.79 Å². The van der Waals surface area contributed by atoms with Crippen molar-refractivity contribution in [1.82, 2.24) is 4.90 Å². The number of hydrogen-bond donors (Lipinski definition) is 1. The summed E-state index contributed by atoms with van der Waals surface area (Å²) >= 11 is 0. The predicted molar refractivity (Wildman–Crippen MR) is 51.6 cm³/mol. The van der Waals surface area contributed by atoms with Crippen LogP contribution in [0.25, 0.3) is 0 Å². The van der Waals surface area contributed by atoms with E-state index in [2.05, 4.69) is 11.8 Å². The molecule has 1 N–H and O–H groups in total. The Labute approximate surface area is 79.7 Å². The van der Waals surface area contributed by atoms with Gasteiger partial charge in [-0.05, 0) is 11.8 Å². The van der Waals surface area contributed by atoms with Crippen LogP contribution in [0.1, 0.15) is 27.2 Å². The van der Waals surface area contributed by atoms with Gasteiger partial charge in [0.2, 0.25) is 0 Å². The Hall–Kier alpha value is -0.570. The van der Waals surface area contributed by atoms with Gasteiger partial charge >= 0.3 is 5.97 Å². The van der Waals surface area contributed by atoms with E-state index in [4.69, 9.17) is 5.11 Å². The van der Waals surface area contributed by atoms with Crippen LogP contribution in [0.5, 0.6) is 0 Å². The highest BCUT2D eigenvalue weighted by molar-refractivity contribution is 5.73. The molecule has 1 unspecified atom stereocenters. The molecule has 1 rings (SSSR count). The summed E-state index contributed by atoms with van der Waals surface area (Å²) in [4.78, 5) is 13.0. The molecule has 1 fully saturated rings. The van der Waals surface area contributed by atoms with Crippen LogP contribution in [-0.4, -0.2) is 35.1 Å². The van der Waals surface area contributed by atoms with Crippen LogP contribution in [0.2, 0.25) is 0 Å². The third kappa shape index (κ3) is 2.21. The summed E-state index contributed by atoms with van der Waals surface area (Å²) in [6.07, 6.45) is 1.17. The standard InChI is InChI=1S/C10H19NO2/c1-4-8-5-11(6-8)9(7(2)3)10(12)13/h7-9H,4-6H2,1-3H3,(H,12,13). The van der Waals surface area contributed by atoms with Gasteiger partial charge in [-0.1, -0.05) is 27.2 Å². The number of carboxylic acids is 1. The lowest BCUT2D eigenvalue weighted by molar-refractivity contribution is -0.148. The summed E-state index contributed by atoms with van der Waals surface area (Å²) in [5, 5.41) is 9.00. The Kier molecular flexibility index (Phi) is 3.31. The minimum Gasteiger partial charge on any atom is -0.480 e. The van der Waals surface area contributed by atoms with Gasteiger partial charge < -0.3 is 5.11 Å². The summed E-state index contributed by atoms with van der Waals surface area (Å²) in [6.45, 7) is 8.03. The average Bonchev–Trinajstić information content (AvgIpc) is 1.93. The largest absolute Gasteiger partial charge is 0.480 e. The molecule has 0 bridgehead atoms.